The van der Waals surface area contributed by atoms with Gasteiger partial charge in [-0.05, 0) is 66.0 Å². The number of halogens is 2. The number of aryl methyl sites for hydroxylation is 1. The van der Waals surface area contributed by atoms with E-state index in [9.17, 15) is 8.78 Å². The molecule has 1 aliphatic carbocycles. The molecular weight excluding hydrogens is 410 g/mol. The highest BCUT2D eigenvalue weighted by Gasteiger charge is 2.20. The van der Waals surface area contributed by atoms with Crippen LogP contribution in [0.1, 0.15) is 81.4 Å². The average molecular weight is 445 g/mol. The van der Waals surface area contributed by atoms with E-state index in [1.807, 2.05) is 0 Å². The molecule has 0 N–H and O–H groups in total. The van der Waals surface area contributed by atoms with Crippen LogP contribution in [0.3, 0.4) is 0 Å². The van der Waals surface area contributed by atoms with Gasteiger partial charge in [0.05, 0.1) is 0 Å². The molecule has 1 saturated carbocycles. The van der Waals surface area contributed by atoms with Crippen molar-refractivity contribution in [3.8, 4) is 11.8 Å². The van der Waals surface area contributed by atoms with E-state index < -0.39 is 11.6 Å². The van der Waals surface area contributed by atoms with Crippen molar-refractivity contribution in [2.24, 2.45) is 11.8 Å². The van der Waals surface area contributed by atoms with E-state index in [2.05, 4.69) is 43.0 Å². The molecule has 0 amide bonds. The molecule has 1 fully saturated rings. The summed E-state index contributed by atoms with van der Waals surface area (Å²) in [5.74, 6) is 6.58. The highest BCUT2D eigenvalue weighted by atomic mass is 19.2. The van der Waals surface area contributed by atoms with Gasteiger partial charge in [-0.1, -0.05) is 94.4 Å². The normalized spacial score (nSPS) is 18.2. The quantitative estimate of drug-likeness (QED) is 0.252. The summed E-state index contributed by atoms with van der Waals surface area (Å²) in [6, 6.07) is 16.4. The van der Waals surface area contributed by atoms with E-state index in [1.165, 1.54) is 63.4 Å². The fourth-order valence-electron chi connectivity index (χ4n) is 5.10. The number of fused-ring (bicyclic) bond motifs is 1. The Bertz CT molecular complexity index is 1110. The summed E-state index contributed by atoms with van der Waals surface area (Å²) in [5, 5.41) is 0.945. The summed E-state index contributed by atoms with van der Waals surface area (Å²) < 4.78 is 27.2. The third-order valence-electron chi connectivity index (χ3n) is 7.24. The molecule has 0 saturated heterocycles. The Morgan fingerprint density at radius 1 is 0.758 bits per heavy atom. The van der Waals surface area contributed by atoms with Gasteiger partial charge < -0.3 is 0 Å². The van der Waals surface area contributed by atoms with Crippen molar-refractivity contribution < 1.29 is 8.78 Å². The van der Waals surface area contributed by atoms with Crippen molar-refractivity contribution in [1.82, 2.24) is 0 Å². The van der Waals surface area contributed by atoms with Gasteiger partial charge in [0.15, 0.2) is 11.6 Å². The summed E-state index contributed by atoms with van der Waals surface area (Å²) >= 11 is 0. The highest BCUT2D eigenvalue weighted by molar-refractivity contribution is 5.84. The van der Waals surface area contributed by atoms with Crippen molar-refractivity contribution in [2.45, 2.75) is 71.1 Å². The van der Waals surface area contributed by atoms with Crippen LogP contribution in [0.5, 0.6) is 0 Å². The summed E-state index contributed by atoms with van der Waals surface area (Å²) in [7, 11) is 0. The third kappa shape index (κ3) is 6.44. The topological polar surface area (TPSA) is 0 Å². The Morgan fingerprint density at radius 2 is 1.42 bits per heavy atom. The average Bonchev–Trinajstić information content (AvgIpc) is 2.85. The maximum absolute atomic E-state index is 13.9. The second-order valence-electron chi connectivity index (χ2n) is 9.67. The zero-order chi connectivity index (χ0) is 23.0. The summed E-state index contributed by atoms with van der Waals surface area (Å²) in [4.78, 5) is 0. The lowest BCUT2D eigenvalue weighted by Crippen LogP contribution is -2.15. The number of hydrogen-bond acceptors (Lipinski definition) is 0. The Hall–Kier alpha value is -2.66. The smallest absolute Gasteiger partial charge is 0.166 e. The van der Waals surface area contributed by atoms with E-state index in [0.717, 1.165) is 35.4 Å². The first-order chi connectivity index (χ1) is 16.1. The van der Waals surface area contributed by atoms with Crippen molar-refractivity contribution >= 4 is 10.8 Å². The van der Waals surface area contributed by atoms with Crippen LogP contribution < -0.4 is 0 Å². The van der Waals surface area contributed by atoms with E-state index in [-0.39, 0.29) is 5.39 Å². The maximum Gasteiger partial charge on any atom is 0.166 e. The molecule has 33 heavy (non-hydrogen) atoms. The molecule has 0 bridgehead atoms. The lowest BCUT2D eigenvalue weighted by Gasteiger charge is -2.28. The van der Waals surface area contributed by atoms with Gasteiger partial charge in [0.25, 0.3) is 0 Å². The van der Waals surface area contributed by atoms with Gasteiger partial charge in [-0.3, -0.25) is 0 Å². The minimum Gasteiger partial charge on any atom is -0.204 e. The molecule has 0 atom stereocenters. The molecule has 3 aromatic rings. The van der Waals surface area contributed by atoms with Gasteiger partial charge in [0, 0.05) is 16.5 Å². The summed E-state index contributed by atoms with van der Waals surface area (Å²) in [6.07, 6.45) is 13.7. The minimum absolute atomic E-state index is 0.287. The summed E-state index contributed by atoms with van der Waals surface area (Å²) in [5.41, 5.74) is 3.15. The second kappa shape index (κ2) is 11.5. The van der Waals surface area contributed by atoms with E-state index in [4.69, 9.17) is 0 Å². The first-order valence-electron chi connectivity index (χ1n) is 12.6. The molecule has 4 rings (SSSR count). The molecule has 0 heterocycles. The van der Waals surface area contributed by atoms with Gasteiger partial charge in [-0.2, -0.15) is 0 Å². The second-order valence-corrected chi connectivity index (χ2v) is 9.67. The van der Waals surface area contributed by atoms with Gasteiger partial charge in [0.2, 0.25) is 0 Å². The number of unbranched alkanes of at least 4 members (excludes halogenated alkanes) is 2. The zero-order valence-electron chi connectivity index (χ0n) is 19.7. The Labute approximate surface area is 197 Å². The third-order valence-corrected chi connectivity index (χ3v) is 7.24. The minimum atomic E-state index is -0.823. The standard InChI is InChI=1S/C31H34F2/c1-2-3-4-5-23-6-8-24(9-7-23)10-11-25-12-14-26(15-13-25)16-17-27-18-20-29-28(22-27)19-21-30(32)31(29)33/h12-15,18-24H,2-11H2,1H3. The van der Waals surface area contributed by atoms with Gasteiger partial charge >= 0.3 is 0 Å². The predicted octanol–water partition coefficient (Wildman–Crippen LogP) is 8.84. The number of benzene rings is 3. The Balaban J connectivity index is 1.28. The molecule has 1 aliphatic rings. The van der Waals surface area contributed by atoms with Crippen LogP contribution in [0.25, 0.3) is 10.8 Å². The number of rotatable bonds is 7. The van der Waals surface area contributed by atoms with Gasteiger partial charge in [-0.25, -0.2) is 8.78 Å². The van der Waals surface area contributed by atoms with Crippen molar-refractivity contribution in [1.29, 1.82) is 0 Å². The zero-order valence-corrected chi connectivity index (χ0v) is 19.7. The molecule has 0 radical (unpaired) electrons. The summed E-state index contributed by atoms with van der Waals surface area (Å²) in [6.45, 7) is 2.29. The van der Waals surface area contributed by atoms with E-state index in [1.54, 1.807) is 24.3 Å². The maximum atomic E-state index is 13.9. The van der Waals surface area contributed by atoms with Crippen molar-refractivity contribution in [3.63, 3.8) is 0 Å². The van der Waals surface area contributed by atoms with Crippen LogP contribution in [-0.4, -0.2) is 0 Å². The predicted molar refractivity (Wildman–Crippen MR) is 134 cm³/mol. The molecule has 0 spiro atoms. The van der Waals surface area contributed by atoms with Crippen LogP contribution in [0, 0.1) is 35.3 Å². The molecule has 0 nitrogen and oxygen atoms in total. The van der Waals surface area contributed by atoms with Crippen molar-refractivity contribution in [3.05, 3.63) is 82.9 Å². The first kappa shape index (κ1) is 23.5. The Morgan fingerprint density at radius 3 is 2.15 bits per heavy atom. The highest BCUT2D eigenvalue weighted by Crippen LogP contribution is 2.34. The van der Waals surface area contributed by atoms with Crippen molar-refractivity contribution in [2.75, 3.05) is 0 Å². The van der Waals surface area contributed by atoms with Crippen LogP contribution in [-0.2, 0) is 6.42 Å². The van der Waals surface area contributed by atoms with Gasteiger partial charge in [-0.15, -0.1) is 0 Å². The molecule has 3 aromatic carbocycles. The number of hydrogen-bond donors (Lipinski definition) is 0. The molecule has 172 valence electrons. The van der Waals surface area contributed by atoms with Crippen LogP contribution >= 0.6 is 0 Å². The van der Waals surface area contributed by atoms with Crippen LogP contribution in [0.2, 0.25) is 0 Å². The molecule has 0 unspecified atom stereocenters. The van der Waals surface area contributed by atoms with E-state index >= 15 is 0 Å². The first-order valence-corrected chi connectivity index (χ1v) is 12.6. The lowest BCUT2D eigenvalue weighted by molar-refractivity contribution is 0.249. The fourth-order valence-corrected chi connectivity index (χ4v) is 5.10. The monoisotopic (exact) mass is 444 g/mol. The Kier molecular flexibility index (Phi) is 8.16. The fraction of sp³-hybridized carbons (Fsp3) is 0.419. The van der Waals surface area contributed by atoms with Crippen LogP contribution in [0.4, 0.5) is 8.78 Å². The SMILES string of the molecule is CCCCCC1CCC(CCc2ccc(C#Cc3ccc4c(F)c(F)ccc4c3)cc2)CC1. The van der Waals surface area contributed by atoms with Crippen LogP contribution in [0.15, 0.2) is 54.6 Å². The van der Waals surface area contributed by atoms with E-state index in [0.29, 0.717) is 5.39 Å². The molecule has 0 aliphatic heterocycles. The molecule has 2 heteroatoms. The largest absolute Gasteiger partial charge is 0.204 e. The lowest BCUT2D eigenvalue weighted by atomic mass is 9.78. The molecule has 0 aromatic heterocycles. The molecular formula is C31H34F2. The van der Waals surface area contributed by atoms with Gasteiger partial charge in [0.1, 0.15) is 0 Å².